The molecule has 90 valence electrons. The average molecular weight is 230 g/mol. The summed E-state index contributed by atoms with van der Waals surface area (Å²) in [7, 11) is 0. The highest BCUT2D eigenvalue weighted by Crippen LogP contribution is 2.28. The Hall–Kier alpha value is -1.64. The van der Waals surface area contributed by atoms with E-state index in [0.717, 1.165) is 30.5 Å². The summed E-state index contributed by atoms with van der Waals surface area (Å²) in [4.78, 5) is 11.4. The van der Waals surface area contributed by atoms with Crippen LogP contribution in [0.2, 0.25) is 0 Å². The van der Waals surface area contributed by atoms with Crippen LogP contribution in [0.15, 0.2) is 29.4 Å². The number of hydrazone groups is 1. The molecule has 3 nitrogen and oxygen atoms in total. The molecule has 0 heterocycles. The number of nitrogens with one attached hydrogen (secondary N) is 1. The topological polar surface area (TPSA) is 41.5 Å². The molecule has 0 spiro atoms. The molecule has 1 fully saturated rings. The number of nitrogens with zero attached hydrogens (tertiary/aromatic N) is 1. The van der Waals surface area contributed by atoms with Crippen molar-refractivity contribution in [2.24, 2.45) is 11.0 Å². The fraction of sp³-hybridized carbons (Fsp3) is 0.429. The monoisotopic (exact) mass is 230 g/mol. The van der Waals surface area contributed by atoms with Gasteiger partial charge in [-0.1, -0.05) is 31.2 Å². The molecular weight excluding hydrogens is 212 g/mol. The molecular formula is C14H18N2O. The number of hydrogen-bond donors (Lipinski definition) is 1. The maximum Gasteiger partial charge on any atom is 0.243 e. The number of hydrogen-bond acceptors (Lipinski definition) is 2. The molecule has 1 aromatic rings. The SMILES string of the molecule is CCc1ccc(/C(C)=N/NC(=O)C2CC2)cc1. The molecule has 1 aliphatic rings. The molecule has 0 aliphatic heterocycles. The summed E-state index contributed by atoms with van der Waals surface area (Å²) in [5.41, 5.74) is 5.83. The van der Waals surface area contributed by atoms with Gasteiger partial charge in [0.1, 0.15) is 0 Å². The summed E-state index contributed by atoms with van der Waals surface area (Å²) < 4.78 is 0. The third-order valence-electron chi connectivity index (χ3n) is 3.06. The van der Waals surface area contributed by atoms with E-state index in [1.807, 2.05) is 19.1 Å². The van der Waals surface area contributed by atoms with Crippen molar-refractivity contribution in [1.82, 2.24) is 5.43 Å². The minimum atomic E-state index is 0.0505. The maximum absolute atomic E-state index is 11.4. The molecule has 0 radical (unpaired) electrons. The molecule has 0 aromatic heterocycles. The van der Waals surface area contributed by atoms with Gasteiger partial charge in [0.25, 0.3) is 0 Å². The lowest BCUT2D eigenvalue weighted by atomic mass is 10.1. The maximum atomic E-state index is 11.4. The zero-order valence-corrected chi connectivity index (χ0v) is 10.4. The van der Waals surface area contributed by atoms with Gasteiger partial charge in [0.2, 0.25) is 5.91 Å². The summed E-state index contributed by atoms with van der Waals surface area (Å²) >= 11 is 0. The van der Waals surface area contributed by atoms with E-state index >= 15 is 0 Å². The summed E-state index contributed by atoms with van der Waals surface area (Å²) in [6.45, 7) is 4.04. The second kappa shape index (κ2) is 5.13. The normalized spacial score (nSPS) is 15.8. The van der Waals surface area contributed by atoms with E-state index in [2.05, 4.69) is 29.6 Å². The molecule has 1 aromatic carbocycles. The molecule has 3 heteroatoms. The predicted octanol–water partition coefficient (Wildman–Crippen LogP) is 2.50. The van der Waals surface area contributed by atoms with Crippen molar-refractivity contribution in [2.75, 3.05) is 0 Å². The van der Waals surface area contributed by atoms with Gasteiger partial charge in [-0.05, 0) is 37.3 Å². The third-order valence-corrected chi connectivity index (χ3v) is 3.06. The van der Waals surface area contributed by atoms with Crippen molar-refractivity contribution >= 4 is 11.6 Å². The first-order valence-corrected chi connectivity index (χ1v) is 6.14. The van der Waals surface area contributed by atoms with Crippen LogP contribution in [-0.4, -0.2) is 11.6 Å². The lowest BCUT2D eigenvalue weighted by Crippen LogP contribution is -2.20. The van der Waals surface area contributed by atoms with Gasteiger partial charge >= 0.3 is 0 Å². The molecule has 1 amide bonds. The third kappa shape index (κ3) is 3.16. The molecule has 0 bridgehead atoms. The van der Waals surface area contributed by atoms with Gasteiger partial charge in [-0.25, -0.2) is 5.43 Å². The summed E-state index contributed by atoms with van der Waals surface area (Å²) in [5.74, 6) is 0.253. The standard InChI is InChI=1S/C14H18N2O/c1-3-11-4-6-12(7-5-11)10(2)15-16-14(17)13-8-9-13/h4-7,13H,3,8-9H2,1-2H3,(H,16,17)/b15-10+. The highest BCUT2D eigenvalue weighted by Gasteiger charge is 2.29. The zero-order valence-electron chi connectivity index (χ0n) is 10.4. The molecule has 1 saturated carbocycles. The number of carbonyl (C=O) groups is 1. The Balaban J connectivity index is 1.99. The lowest BCUT2D eigenvalue weighted by Gasteiger charge is -2.03. The van der Waals surface area contributed by atoms with E-state index in [0.29, 0.717) is 0 Å². The summed E-state index contributed by atoms with van der Waals surface area (Å²) in [5, 5.41) is 4.13. The summed E-state index contributed by atoms with van der Waals surface area (Å²) in [6.07, 6.45) is 3.05. The Labute approximate surface area is 102 Å². The second-order valence-electron chi connectivity index (χ2n) is 4.50. The summed E-state index contributed by atoms with van der Waals surface area (Å²) in [6, 6.07) is 8.27. The smallest absolute Gasteiger partial charge is 0.243 e. The molecule has 2 rings (SSSR count). The van der Waals surface area contributed by atoms with Crippen molar-refractivity contribution < 1.29 is 4.79 Å². The number of aryl methyl sites for hydroxylation is 1. The zero-order chi connectivity index (χ0) is 12.3. The highest BCUT2D eigenvalue weighted by molar-refractivity contribution is 5.99. The minimum absolute atomic E-state index is 0.0505. The van der Waals surface area contributed by atoms with E-state index in [1.165, 1.54) is 5.56 Å². The Morgan fingerprint density at radius 1 is 1.35 bits per heavy atom. The van der Waals surface area contributed by atoms with E-state index in [1.54, 1.807) is 0 Å². The van der Waals surface area contributed by atoms with E-state index in [4.69, 9.17) is 0 Å². The highest BCUT2D eigenvalue weighted by atomic mass is 16.2. The second-order valence-corrected chi connectivity index (χ2v) is 4.50. The lowest BCUT2D eigenvalue weighted by molar-refractivity contribution is -0.122. The van der Waals surface area contributed by atoms with Crippen LogP contribution in [0.3, 0.4) is 0 Å². The average Bonchev–Trinajstić information content (AvgIpc) is 3.20. The Morgan fingerprint density at radius 3 is 2.53 bits per heavy atom. The van der Waals surface area contributed by atoms with Crippen LogP contribution in [0.4, 0.5) is 0 Å². The molecule has 1 N–H and O–H groups in total. The van der Waals surface area contributed by atoms with Gasteiger partial charge in [-0.3, -0.25) is 4.79 Å². The van der Waals surface area contributed by atoms with E-state index < -0.39 is 0 Å². The number of amides is 1. The van der Waals surface area contributed by atoms with Gasteiger partial charge < -0.3 is 0 Å². The van der Waals surface area contributed by atoms with Crippen molar-refractivity contribution in [1.29, 1.82) is 0 Å². The number of benzene rings is 1. The van der Waals surface area contributed by atoms with Gasteiger partial charge in [0, 0.05) is 5.92 Å². The molecule has 0 atom stereocenters. The van der Waals surface area contributed by atoms with Crippen molar-refractivity contribution in [3.8, 4) is 0 Å². The number of carbonyl (C=O) groups excluding carboxylic acids is 1. The van der Waals surface area contributed by atoms with Crippen molar-refractivity contribution in [3.63, 3.8) is 0 Å². The van der Waals surface area contributed by atoms with Crippen molar-refractivity contribution in [2.45, 2.75) is 33.1 Å². The minimum Gasteiger partial charge on any atom is -0.273 e. The Morgan fingerprint density at radius 2 is 2.00 bits per heavy atom. The largest absolute Gasteiger partial charge is 0.273 e. The van der Waals surface area contributed by atoms with Crippen molar-refractivity contribution in [3.05, 3.63) is 35.4 Å². The predicted molar refractivity (Wildman–Crippen MR) is 68.9 cm³/mol. The first-order chi connectivity index (χ1) is 8.20. The van der Waals surface area contributed by atoms with Crippen LogP contribution < -0.4 is 5.43 Å². The van der Waals surface area contributed by atoms with Gasteiger partial charge in [0.15, 0.2) is 0 Å². The quantitative estimate of drug-likeness (QED) is 0.626. The molecule has 0 saturated heterocycles. The van der Waals surface area contributed by atoms with E-state index in [9.17, 15) is 4.79 Å². The Kier molecular flexibility index (Phi) is 3.57. The van der Waals surface area contributed by atoms with Gasteiger partial charge in [-0.15, -0.1) is 0 Å². The van der Waals surface area contributed by atoms with Crippen LogP contribution in [0.5, 0.6) is 0 Å². The Bertz CT molecular complexity index is 430. The number of rotatable bonds is 4. The fourth-order valence-corrected chi connectivity index (χ4v) is 1.62. The van der Waals surface area contributed by atoms with Gasteiger partial charge in [0.05, 0.1) is 5.71 Å². The van der Waals surface area contributed by atoms with Crippen LogP contribution in [0, 0.1) is 5.92 Å². The van der Waals surface area contributed by atoms with Crippen LogP contribution in [0.25, 0.3) is 0 Å². The molecule has 1 aliphatic carbocycles. The van der Waals surface area contributed by atoms with Crippen LogP contribution in [-0.2, 0) is 11.2 Å². The van der Waals surface area contributed by atoms with E-state index in [-0.39, 0.29) is 11.8 Å². The first-order valence-electron chi connectivity index (χ1n) is 6.14. The van der Waals surface area contributed by atoms with Gasteiger partial charge in [-0.2, -0.15) is 5.10 Å². The first kappa shape index (κ1) is 11.8. The van der Waals surface area contributed by atoms with Crippen LogP contribution >= 0.6 is 0 Å². The molecule has 17 heavy (non-hydrogen) atoms. The molecule has 0 unspecified atom stereocenters. The fourth-order valence-electron chi connectivity index (χ4n) is 1.62. The van der Waals surface area contributed by atoms with Crippen LogP contribution in [0.1, 0.15) is 37.8 Å².